The molecule has 0 unspecified atom stereocenters. The second-order valence-corrected chi connectivity index (χ2v) is 8.52. The fourth-order valence-corrected chi connectivity index (χ4v) is 4.92. The average molecular weight is 356 g/mol. The maximum atomic E-state index is 12.1. The number of sulfonamides is 1. The quantitative estimate of drug-likeness (QED) is 0.817. The third kappa shape index (κ3) is 4.62. The van der Waals surface area contributed by atoms with Gasteiger partial charge in [0.1, 0.15) is 4.21 Å². The molecule has 0 radical (unpaired) electrons. The van der Waals surface area contributed by atoms with Crippen LogP contribution in [-0.4, -0.2) is 28.7 Å². The van der Waals surface area contributed by atoms with Crippen LogP contribution in [0.2, 0.25) is 0 Å². The van der Waals surface area contributed by atoms with Crippen LogP contribution in [0.25, 0.3) is 0 Å². The zero-order chi connectivity index (χ0) is 13.8. The minimum absolute atomic E-state index is 0.132. The lowest BCUT2D eigenvalue weighted by Gasteiger charge is -2.24. The molecule has 1 rings (SSSR count). The van der Waals surface area contributed by atoms with Crippen LogP contribution in [0.1, 0.15) is 20.3 Å². The van der Waals surface area contributed by atoms with Gasteiger partial charge in [0.2, 0.25) is 0 Å². The molecule has 0 atom stereocenters. The van der Waals surface area contributed by atoms with Crippen LogP contribution >= 0.6 is 27.3 Å². The van der Waals surface area contributed by atoms with E-state index in [0.29, 0.717) is 21.8 Å². The van der Waals surface area contributed by atoms with E-state index in [0.717, 1.165) is 6.42 Å². The predicted molar refractivity (Wildman–Crippen MR) is 77.5 cm³/mol. The molecule has 1 N–H and O–H groups in total. The number of ether oxygens (including phenoxy) is 1. The Labute approximate surface area is 121 Å². The van der Waals surface area contributed by atoms with Gasteiger partial charge in [-0.1, -0.05) is 13.8 Å². The topological polar surface area (TPSA) is 55.4 Å². The van der Waals surface area contributed by atoms with Gasteiger partial charge >= 0.3 is 0 Å². The van der Waals surface area contributed by atoms with E-state index < -0.39 is 10.0 Å². The summed E-state index contributed by atoms with van der Waals surface area (Å²) < 4.78 is 32.7. The van der Waals surface area contributed by atoms with Gasteiger partial charge in [-0.05, 0) is 39.2 Å². The number of hydrogen-bond acceptors (Lipinski definition) is 4. The maximum absolute atomic E-state index is 12.1. The highest BCUT2D eigenvalue weighted by Gasteiger charge is 2.24. The molecule has 0 aromatic carbocycles. The van der Waals surface area contributed by atoms with Crippen LogP contribution in [-0.2, 0) is 14.8 Å². The third-order valence-corrected chi connectivity index (χ3v) is 6.62. The first-order chi connectivity index (χ1) is 8.28. The van der Waals surface area contributed by atoms with E-state index in [2.05, 4.69) is 20.7 Å². The van der Waals surface area contributed by atoms with Gasteiger partial charge in [-0.25, -0.2) is 13.1 Å². The SMILES string of the molecule is COCCC(C)(C)CNS(=O)(=O)c1sccc1Br. The van der Waals surface area contributed by atoms with Crippen molar-refractivity contribution in [2.24, 2.45) is 5.41 Å². The highest BCUT2D eigenvalue weighted by molar-refractivity contribution is 9.10. The molecule has 0 saturated heterocycles. The second-order valence-electron chi connectivity index (χ2n) is 4.79. The van der Waals surface area contributed by atoms with Gasteiger partial charge in [0, 0.05) is 24.7 Å². The van der Waals surface area contributed by atoms with Gasteiger partial charge < -0.3 is 4.74 Å². The number of methoxy groups -OCH3 is 1. The van der Waals surface area contributed by atoms with Crippen LogP contribution in [0, 0.1) is 5.41 Å². The standard InChI is InChI=1S/C11H18BrNO3S2/c1-11(2,5-6-16-3)8-13-18(14,15)10-9(12)4-7-17-10/h4,7,13H,5-6,8H2,1-3H3. The number of halogens is 1. The number of thiophene rings is 1. The first kappa shape index (κ1) is 16.1. The van der Waals surface area contributed by atoms with E-state index in [1.165, 1.54) is 11.3 Å². The summed E-state index contributed by atoms with van der Waals surface area (Å²) in [6, 6.07) is 1.73. The third-order valence-electron chi connectivity index (χ3n) is 2.55. The van der Waals surface area contributed by atoms with Crippen LogP contribution in [0.3, 0.4) is 0 Å². The van der Waals surface area contributed by atoms with Crippen molar-refractivity contribution < 1.29 is 13.2 Å². The van der Waals surface area contributed by atoms with E-state index in [9.17, 15) is 8.42 Å². The molecule has 1 aromatic rings. The molecule has 0 aliphatic heterocycles. The molecule has 0 saturated carbocycles. The van der Waals surface area contributed by atoms with Gasteiger partial charge in [-0.3, -0.25) is 0 Å². The molecule has 104 valence electrons. The molecule has 1 aromatic heterocycles. The summed E-state index contributed by atoms with van der Waals surface area (Å²) in [7, 11) is -1.78. The lowest BCUT2D eigenvalue weighted by atomic mass is 9.90. The second kappa shape index (κ2) is 6.47. The summed E-state index contributed by atoms with van der Waals surface area (Å²) in [4.78, 5) is 0. The maximum Gasteiger partial charge on any atom is 0.251 e. The van der Waals surface area contributed by atoms with Gasteiger partial charge in [-0.2, -0.15) is 0 Å². The highest BCUT2D eigenvalue weighted by Crippen LogP contribution is 2.28. The van der Waals surface area contributed by atoms with Crippen molar-refractivity contribution in [1.82, 2.24) is 4.72 Å². The summed E-state index contributed by atoms with van der Waals surface area (Å²) in [5.74, 6) is 0. The monoisotopic (exact) mass is 355 g/mol. The molecule has 0 amide bonds. The lowest BCUT2D eigenvalue weighted by Crippen LogP contribution is -2.34. The molecular formula is C11H18BrNO3S2. The van der Waals surface area contributed by atoms with Crippen molar-refractivity contribution >= 4 is 37.3 Å². The Hall–Kier alpha value is 0.0500. The van der Waals surface area contributed by atoms with Crippen molar-refractivity contribution in [3.63, 3.8) is 0 Å². The van der Waals surface area contributed by atoms with Crippen LogP contribution < -0.4 is 4.72 Å². The smallest absolute Gasteiger partial charge is 0.251 e. The largest absolute Gasteiger partial charge is 0.385 e. The van der Waals surface area contributed by atoms with E-state index in [-0.39, 0.29) is 5.41 Å². The number of rotatable bonds is 7. The Balaban J connectivity index is 2.66. The summed E-state index contributed by atoms with van der Waals surface area (Å²) in [5, 5.41) is 1.74. The molecule has 7 heteroatoms. The Kier molecular flexibility index (Phi) is 5.79. The molecule has 0 spiro atoms. The molecular weight excluding hydrogens is 338 g/mol. The summed E-state index contributed by atoms with van der Waals surface area (Å²) in [6.45, 7) is 5.04. The molecule has 4 nitrogen and oxygen atoms in total. The summed E-state index contributed by atoms with van der Waals surface area (Å²) in [5.41, 5.74) is -0.132. The molecule has 0 bridgehead atoms. The van der Waals surface area contributed by atoms with Crippen molar-refractivity contribution in [2.45, 2.75) is 24.5 Å². The first-order valence-corrected chi connectivity index (χ1v) is 8.66. The van der Waals surface area contributed by atoms with E-state index >= 15 is 0 Å². The zero-order valence-corrected chi connectivity index (χ0v) is 13.9. The Morgan fingerprint density at radius 2 is 2.17 bits per heavy atom. The fraction of sp³-hybridized carbons (Fsp3) is 0.636. The number of nitrogens with one attached hydrogen (secondary N) is 1. The Morgan fingerprint density at radius 1 is 1.50 bits per heavy atom. The Bertz CT molecular complexity index is 482. The van der Waals surface area contributed by atoms with E-state index in [1.807, 2.05) is 13.8 Å². The lowest BCUT2D eigenvalue weighted by molar-refractivity contribution is 0.153. The van der Waals surface area contributed by atoms with Crippen molar-refractivity contribution in [3.05, 3.63) is 15.9 Å². The molecule has 18 heavy (non-hydrogen) atoms. The molecule has 0 aliphatic rings. The van der Waals surface area contributed by atoms with Gasteiger partial charge in [0.15, 0.2) is 0 Å². The van der Waals surface area contributed by atoms with Gasteiger partial charge in [-0.15, -0.1) is 11.3 Å². The van der Waals surface area contributed by atoms with Gasteiger partial charge in [0.05, 0.1) is 0 Å². The summed E-state index contributed by atoms with van der Waals surface area (Å²) in [6.07, 6.45) is 0.803. The minimum Gasteiger partial charge on any atom is -0.385 e. The van der Waals surface area contributed by atoms with Gasteiger partial charge in [0.25, 0.3) is 10.0 Å². The van der Waals surface area contributed by atoms with Crippen LogP contribution in [0.4, 0.5) is 0 Å². The van der Waals surface area contributed by atoms with Crippen molar-refractivity contribution in [3.8, 4) is 0 Å². The average Bonchev–Trinajstić information content (AvgIpc) is 2.71. The van der Waals surface area contributed by atoms with Crippen molar-refractivity contribution in [1.29, 1.82) is 0 Å². The minimum atomic E-state index is -3.43. The Morgan fingerprint density at radius 3 is 2.67 bits per heavy atom. The molecule has 0 fully saturated rings. The molecule has 0 aliphatic carbocycles. The van der Waals surface area contributed by atoms with Crippen LogP contribution in [0.15, 0.2) is 20.1 Å². The predicted octanol–water partition coefficient (Wildman–Crippen LogP) is 2.85. The molecule has 1 heterocycles. The number of hydrogen-bond donors (Lipinski definition) is 1. The first-order valence-electron chi connectivity index (χ1n) is 5.50. The summed E-state index contributed by atoms with van der Waals surface area (Å²) >= 11 is 4.44. The van der Waals surface area contributed by atoms with Crippen LogP contribution in [0.5, 0.6) is 0 Å². The zero-order valence-electron chi connectivity index (χ0n) is 10.7. The fourth-order valence-electron chi connectivity index (χ4n) is 1.29. The normalized spacial score (nSPS) is 12.9. The van der Waals surface area contributed by atoms with E-state index in [4.69, 9.17) is 4.74 Å². The van der Waals surface area contributed by atoms with Crippen molar-refractivity contribution in [2.75, 3.05) is 20.3 Å². The highest BCUT2D eigenvalue weighted by atomic mass is 79.9. The van der Waals surface area contributed by atoms with E-state index in [1.54, 1.807) is 18.6 Å².